The molecule has 0 bridgehead atoms. The van der Waals surface area contributed by atoms with Crippen LogP contribution in [0.5, 0.6) is 17.2 Å². The minimum Gasteiger partial charge on any atom is -0.497 e. The quantitative estimate of drug-likeness (QED) is 0.484. The number of allylic oxidation sites excluding steroid dienone is 1. The van der Waals surface area contributed by atoms with Crippen LogP contribution in [0.25, 0.3) is 17.0 Å². The topological polar surface area (TPSA) is 108 Å². The zero-order chi connectivity index (χ0) is 24.4. The van der Waals surface area contributed by atoms with Gasteiger partial charge in [0.1, 0.15) is 5.75 Å². The minimum atomic E-state index is -0.499. The summed E-state index contributed by atoms with van der Waals surface area (Å²) in [5, 5.41) is 7.30. The van der Waals surface area contributed by atoms with Crippen LogP contribution in [0.2, 0.25) is 0 Å². The Labute approximate surface area is 202 Å². The van der Waals surface area contributed by atoms with Gasteiger partial charge in [-0.05, 0) is 49.2 Å². The fraction of sp³-hybridized carbons (Fsp3) is 0.320. The molecule has 0 aliphatic carbocycles. The summed E-state index contributed by atoms with van der Waals surface area (Å²) in [6.45, 7) is 3.10. The predicted molar refractivity (Wildman–Crippen MR) is 126 cm³/mol. The molecule has 2 aliphatic rings. The molecule has 0 radical (unpaired) electrons. The van der Waals surface area contributed by atoms with Crippen LogP contribution < -0.4 is 19.5 Å². The molecular weight excluding hydrogens is 452 g/mol. The van der Waals surface area contributed by atoms with Gasteiger partial charge in [0.25, 0.3) is 5.89 Å². The van der Waals surface area contributed by atoms with Crippen molar-refractivity contribution in [2.24, 2.45) is 0 Å². The fourth-order valence-electron chi connectivity index (χ4n) is 4.25. The van der Waals surface area contributed by atoms with E-state index < -0.39 is 6.04 Å². The third kappa shape index (κ3) is 4.40. The Morgan fingerprint density at radius 3 is 2.83 bits per heavy atom. The first-order valence-electron chi connectivity index (χ1n) is 11.2. The van der Waals surface area contributed by atoms with Gasteiger partial charge in [0.05, 0.1) is 18.7 Å². The Morgan fingerprint density at radius 2 is 2.00 bits per heavy atom. The third-order valence-corrected chi connectivity index (χ3v) is 6.04. The van der Waals surface area contributed by atoms with Crippen LogP contribution in [-0.2, 0) is 4.74 Å². The van der Waals surface area contributed by atoms with Crippen LogP contribution in [0.4, 0.5) is 4.79 Å². The van der Waals surface area contributed by atoms with Crippen molar-refractivity contribution in [2.75, 3.05) is 34.2 Å². The Bertz CT molecular complexity index is 1270. The summed E-state index contributed by atoms with van der Waals surface area (Å²) in [5.74, 6) is 2.72. The fourth-order valence-corrected chi connectivity index (χ4v) is 4.25. The summed E-state index contributed by atoms with van der Waals surface area (Å²) in [7, 11) is 3.24. The lowest BCUT2D eigenvalue weighted by Crippen LogP contribution is -2.46. The average molecular weight is 479 g/mol. The Balaban J connectivity index is 1.55. The van der Waals surface area contributed by atoms with E-state index in [1.165, 1.54) is 0 Å². The van der Waals surface area contributed by atoms with E-state index in [0.29, 0.717) is 48.5 Å². The number of methoxy groups -OCH3 is 2. The van der Waals surface area contributed by atoms with Crippen LogP contribution in [-0.4, -0.2) is 55.2 Å². The van der Waals surface area contributed by atoms with E-state index in [9.17, 15) is 4.79 Å². The molecule has 5 rings (SSSR count). The van der Waals surface area contributed by atoms with Gasteiger partial charge >= 0.3 is 6.03 Å². The van der Waals surface area contributed by atoms with Crippen molar-refractivity contribution in [2.45, 2.75) is 19.4 Å². The van der Waals surface area contributed by atoms with Crippen LogP contribution in [0.3, 0.4) is 0 Å². The van der Waals surface area contributed by atoms with Crippen molar-refractivity contribution in [3.05, 3.63) is 59.6 Å². The number of amides is 2. The second-order valence-electron chi connectivity index (χ2n) is 8.15. The van der Waals surface area contributed by atoms with Gasteiger partial charge in [-0.3, -0.25) is 4.90 Å². The molecular formula is C25H26N4O6. The molecule has 182 valence electrons. The highest BCUT2D eigenvalue weighted by molar-refractivity contribution is 5.87. The molecule has 3 aromatic rings. The van der Waals surface area contributed by atoms with E-state index in [-0.39, 0.29) is 12.8 Å². The van der Waals surface area contributed by atoms with E-state index in [0.717, 1.165) is 22.4 Å². The first-order valence-corrected chi connectivity index (χ1v) is 11.2. The van der Waals surface area contributed by atoms with E-state index >= 15 is 0 Å². The molecule has 0 spiro atoms. The number of carbonyl (C=O) groups is 1. The van der Waals surface area contributed by atoms with Crippen molar-refractivity contribution in [1.82, 2.24) is 20.4 Å². The maximum Gasteiger partial charge on any atom is 0.322 e. The number of ether oxygens (including phenoxy) is 4. The first-order chi connectivity index (χ1) is 17.1. The van der Waals surface area contributed by atoms with E-state index in [4.69, 9.17) is 23.5 Å². The molecule has 1 atom stereocenters. The van der Waals surface area contributed by atoms with Crippen LogP contribution >= 0.6 is 0 Å². The Morgan fingerprint density at radius 1 is 1.14 bits per heavy atom. The van der Waals surface area contributed by atoms with Crippen molar-refractivity contribution in [1.29, 1.82) is 0 Å². The number of nitrogens with one attached hydrogen (secondary N) is 1. The lowest BCUT2D eigenvalue weighted by Gasteiger charge is -2.35. The normalized spacial score (nSPS) is 17.1. The molecule has 1 aromatic heterocycles. The van der Waals surface area contributed by atoms with Gasteiger partial charge in [-0.25, -0.2) is 4.79 Å². The summed E-state index contributed by atoms with van der Waals surface area (Å²) in [5.41, 5.74) is 3.02. The van der Waals surface area contributed by atoms with E-state index in [1.54, 1.807) is 19.1 Å². The molecule has 2 amide bonds. The summed E-state index contributed by atoms with van der Waals surface area (Å²) in [6.07, 6.45) is 0.685. The zero-order valence-corrected chi connectivity index (χ0v) is 19.7. The molecule has 1 unspecified atom stereocenters. The standard InChI is InChI=1S/C25H26N4O6/c1-15-21(24-27-23(28-35-24)17-8-9-19-20(13-17)34-14-33-19)22(16-6-4-7-18(12-16)32-3)26-25(30)29(15)10-5-11-31-2/h4,6-9,12-13,22H,5,10-11,14H2,1-3H3,(H,26,30). The van der Waals surface area contributed by atoms with Gasteiger partial charge in [-0.1, -0.05) is 17.3 Å². The van der Waals surface area contributed by atoms with E-state index in [1.807, 2.05) is 49.4 Å². The molecule has 35 heavy (non-hydrogen) atoms. The van der Waals surface area contributed by atoms with Crippen molar-refractivity contribution < 1.29 is 28.3 Å². The van der Waals surface area contributed by atoms with Gasteiger partial charge in [0.15, 0.2) is 11.5 Å². The number of aromatic nitrogens is 2. The highest BCUT2D eigenvalue weighted by Crippen LogP contribution is 2.39. The number of carbonyl (C=O) groups excluding carboxylic acids is 1. The van der Waals surface area contributed by atoms with Gasteiger partial charge in [0, 0.05) is 31.5 Å². The number of fused-ring (bicyclic) bond motifs is 1. The second kappa shape index (κ2) is 9.67. The van der Waals surface area contributed by atoms with Crippen LogP contribution in [0.15, 0.2) is 52.7 Å². The first kappa shape index (κ1) is 22.7. The molecule has 0 fully saturated rings. The number of benzene rings is 2. The molecule has 2 aliphatic heterocycles. The molecule has 10 nitrogen and oxygen atoms in total. The minimum absolute atomic E-state index is 0.184. The van der Waals surface area contributed by atoms with Crippen LogP contribution in [0, 0.1) is 0 Å². The predicted octanol–water partition coefficient (Wildman–Crippen LogP) is 4.01. The summed E-state index contributed by atoms with van der Waals surface area (Å²) < 4.78 is 27.2. The van der Waals surface area contributed by atoms with Gasteiger partial charge in [-0.15, -0.1) is 0 Å². The van der Waals surface area contributed by atoms with Crippen molar-refractivity contribution >= 4 is 11.6 Å². The van der Waals surface area contributed by atoms with Crippen molar-refractivity contribution in [3.63, 3.8) is 0 Å². The zero-order valence-electron chi connectivity index (χ0n) is 19.7. The van der Waals surface area contributed by atoms with E-state index in [2.05, 4.69) is 15.5 Å². The summed E-state index contributed by atoms with van der Waals surface area (Å²) in [6, 6.07) is 12.3. The molecule has 1 N–H and O–H groups in total. The maximum atomic E-state index is 13.1. The lowest BCUT2D eigenvalue weighted by atomic mass is 9.94. The lowest BCUT2D eigenvalue weighted by molar-refractivity contribution is 0.173. The Kier molecular flexibility index (Phi) is 6.28. The van der Waals surface area contributed by atoms with Gasteiger partial charge in [-0.2, -0.15) is 4.98 Å². The number of urea groups is 1. The Hall–Kier alpha value is -4.05. The number of hydrogen-bond donors (Lipinski definition) is 1. The highest BCUT2D eigenvalue weighted by Gasteiger charge is 2.35. The van der Waals surface area contributed by atoms with Gasteiger partial charge < -0.3 is 28.8 Å². The molecule has 2 aromatic carbocycles. The number of nitrogens with zero attached hydrogens (tertiary/aromatic N) is 3. The third-order valence-electron chi connectivity index (χ3n) is 6.04. The average Bonchev–Trinajstić information content (AvgIpc) is 3.55. The summed E-state index contributed by atoms with van der Waals surface area (Å²) in [4.78, 5) is 19.4. The van der Waals surface area contributed by atoms with Gasteiger partial charge in [0.2, 0.25) is 12.6 Å². The smallest absolute Gasteiger partial charge is 0.322 e. The SMILES string of the molecule is COCCCN1C(=O)NC(c2cccc(OC)c2)C(c2nc(-c3ccc4c(c3)OCO4)no2)=C1C. The number of hydrogen-bond acceptors (Lipinski definition) is 8. The molecule has 3 heterocycles. The largest absolute Gasteiger partial charge is 0.497 e. The molecule has 0 saturated carbocycles. The molecule has 0 saturated heterocycles. The molecule has 10 heteroatoms. The maximum absolute atomic E-state index is 13.1. The summed E-state index contributed by atoms with van der Waals surface area (Å²) >= 11 is 0. The van der Waals surface area contributed by atoms with Crippen LogP contribution in [0.1, 0.15) is 30.8 Å². The van der Waals surface area contributed by atoms with Crippen molar-refractivity contribution in [3.8, 4) is 28.6 Å². The highest BCUT2D eigenvalue weighted by atomic mass is 16.7. The monoisotopic (exact) mass is 478 g/mol. The number of rotatable bonds is 8. The second-order valence-corrected chi connectivity index (χ2v) is 8.15.